The molecule has 0 aliphatic carbocycles. The summed E-state index contributed by atoms with van der Waals surface area (Å²) in [6.45, 7) is 8.06. The Kier molecular flexibility index (Phi) is 7.07. The largest absolute Gasteiger partial charge is 0.497 e. The molecule has 24 heavy (non-hydrogen) atoms. The zero-order valence-corrected chi connectivity index (χ0v) is 15.0. The molecule has 134 valence electrons. The first-order valence-corrected chi connectivity index (χ1v) is 8.00. The predicted octanol–water partition coefficient (Wildman–Crippen LogP) is 2.96. The van der Waals surface area contributed by atoms with Crippen LogP contribution in [-0.2, 0) is 4.79 Å². The van der Waals surface area contributed by atoms with E-state index >= 15 is 0 Å². The number of carboxylic acid groups (broad SMARTS) is 1. The molecular formula is C18H27NO5. The van der Waals surface area contributed by atoms with E-state index in [0.29, 0.717) is 36.0 Å². The second kappa shape index (κ2) is 8.57. The monoisotopic (exact) mass is 337 g/mol. The predicted molar refractivity (Wildman–Crippen MR) is 91.7 cm³/mol. The number of amides is 1. The van der Waals surface area contributed by atoms with Gasteiger partial charge in [-0.1, -0.05) is 13.8 Å². The summed E-state index contributed by atoms with van der Waals surface area (Å²) in [5, 5.41) is 11.9. The Morgan fingerprint density at radius 2 is 1.96 bits per heavy atom. The maximum Gasteiger partial charge on any atom is 0.309 e. The highest BCUT2D eigenvalue weighted by molar-refractivity contribution is 5.97. The van der Waals surface area contributed by atoms with E-state index in [4.69, 9.17) is 14.6 Å². The average molecular weight is 337 g/mol. The lowest BCUT2D eigenvalue weighted by Crippen LogP contribution is -2.32. The molecule has 0 radical (unpaired) electrons. The van der Waals surface area contributed by atoms with Crippen LogP contribution in [0.3, 0.4) is 0 Å². The van der Waals surface area contributed by atoms with Crippen LogP contribution in [0.4, 0.5) is 0 Å². The minimum atomic E-state index is -0.887. The third-order valence-corrected chi connectivity index (χ3v) is 3.62. The molecule has 1 aromatic rings. The van der Waals surface area contributed by atoms with Gasteiger partial charge in [0.1, 0.15) is 11.5 Å². The zero-order valence-electron chi connectivity index (χ0n) is 15.0. The van der Waals surface area contributed by atoms with Gasteiger partial charge in [-0.3, -0.25) is 9.59 Å². The number of hydrogen-bond donors (Lipinski definition) is 2. The fourth-order valence-corrected chi connectivity index (χ4v) is 1.88. The van der Waals surface area contributed by atoms with Crippen molar-refractivity contribution in [1.82, 2.24) is 5.32 Å². The maximum atomic E-state index is 12.4. The van der Waals surface area contributed by atoms with Crippen molar-refractivity contribution in [1.29, 1.82) is 0 Å². The number of carbonyl (C=O) groups excluding carboxylic acids is 1. The van der Waals surface area contributed by atoms with Gasteiger partial charge in [0, 0.05) is 12.6 Å². The molecule has 0 saturated carbocycles. The number of ether oxygens (including phenoxy) is 2. The normalized spacial score (nSPS) is 11.2. The molecule has 0 aliphatic heterocycles. The van der Waals surface area contributed by atoms with Gasteiger partial charge in [0.15, 0.2) is 0 Å². The lowest BCUT2D eigenvalue weighted by molar-refractivity contribution is -0.147. The lowest BCUT2D eigenvalue weighted by atomic mass is 9.90. The average Bonchev–Trinajstić information content (AvgIpc) is 2.52. The molecule has 1 aromatic carbocycles. The van der Waals surface area contributed by atoms with Crippen LogP contribution in [0.15, 0.2) is 18.2 Å². The number of rotatable bonds is 9. The molecular weight excluding hydrogens is 310 g/mol. The van der Waals surface area contributed by atoms with Gasteiger partial charge in [-0.05, 0) is 38.3 Å². The van der Waals surface area contributed by atoms with Gasteiger partial charge >= 0.3 is 5.97 Å². The zero-order chi connectivity index (χ0) is 18.3. The van der Waals surface area contributed by atoms with Crippen molar-refractivity contribution in [3.63, 3.8) is 0 Å². The lowest BCUT2D eigenvalue weighted by Gasteiger charge is -2.19. The fourth-order valence-electron chi connectivity index (χ4n) is 1.88. The van der Waals surface area contributed by atoms with E-state index in [1.807, 2.05) is 13.8 Å². The quantitative estimate of drug-likeness (QED) is 0.723. The minimum absolute atomic E-state index is 0.272. The topological polar surface area (TPSA) is 84.9 Å². The fraction of sp³-hybridized carbons (Fsp3) is 0.556. The number of carbonyl (C=O) groups is 2. The molecule has 0 aliphatic rings. The van der Waals surface area contributed by atoms with Crippen molar-refractivity contribution >= 4 is 11.9 Å². The first kappa shape index (κ1) is 19.8. The first-order chi connectivity index (χ1) is 11.2. The Hall–Kier alpha value is -2.24. The molecule has 0 bridgehead atoms. The van der Waals surface area contributed by atoms with Crippen molar-refractivity contribution in [3.05, 3.63) is 23.8 Å². The molecule has 1 amide bonds. The Bertz CT molecular complexity index is 581. The molecule has 0 fully saturated rings. The SMILES string of the molecule is COc1ccc(C(=O)NCCC(C)(C)C(=O)O)c(OCC(C)C)c1. The number of benzene rings is 1. The van der Waals surface area contributed by atoms with Crippen molar-refractivity contribution < 1.29 is 24.2 Å². The third kappa shape index (κ3) is 5.76. The number of nitrogens with one attached hydrogen (secondary N) is 1. The summed E-state index contributed by atoms with van der Waals surface area (Å²) in [6.07, 6.45) is 0.340. The molecule has 0 spiro atoms. The van der Waals surface area contributed by atoms with Gasteiger partial charge < -0.3 is 19.9 Å². The van der Waals surface area contributed by atoms with E-state index in [2.05, 4.69) is 5.32 Å². The molecule has 0 saturated heterocycles. The molecule has 6 nitrogen and oxygen atoms in total. The molecule has 6 heteroatoms. The highest BCUT2D eigenvalue weighted by Crippen LogP contribution is 2.26. The van der Waals surface area contributed by atoms with E-state index in [1.54, 1.807) is 39.2 Å². The molecule has 0 atom stereocenters. The number of methoxy groups -OCH3 is 1. The van der Waals surface area contributed by atoms with E-state index in [1.165, 1.54) is 0 Å². The van der Waals surface area contributed by atoms with E-state index < -0.39 is 11.4 Å². The van der Waals surface area contributed by atoms with Crippen molar-refractivity contribution in [2.24, 2.45) is 11.3 Å². The maximum absolute atomic E-state index is 12.4. The van der Waals surface area contributed by atoms with Crippen LogP contribution in [-0.4, -0.2) is 37.2 Å². The summed E-state index contributed by atoms with van der Waals surface area (Å²) >= 11 is 0. The Morgan fingerprint density at radius 1 is 1.29 bits per heavy atom. The number of carboxylic acids is 1. The Morgan fingerprint density at radius 3 is 2.50 bits per heavy atom. The number of aliphatic carboxylic acids is 1. The highest BCUT2D eigenvalue weighted by Gasteiger charge is 2.26. The van der Waals surface area contributed by atoms with Crippen LogP contribution in [0.25, 0.3) is 0 Å². The van der Waals surface area contributed by atoms with Gasteiger partial charge in [0.05, 0.1) is 24.7 Å². The Labute approximate surface area is 143 Å². The summed E-state index contributed by atoms with van der Waals surface area (Å²) in [5.74, 6) is 0.207. The first-order valence-electron chi connectivity index (χ1n) is 8.00. The summed E-state index contributed by atoms with van der Waals surface area (Å²) in [7, 11) is 1.55. The summed E-state index contributed by atoms with van der Waals surface area (Å²) in [5.41, 5.74) is -0.478. The summed E-state index contributed by atoms with van der Waals surface area (Å²) in [6, 6.07) is 5.02. The molecule has 0 unspecified atom stereocenters. The van der Waals surface area contributed by atoms with Crippen LogP contribution < -0.4 is 14.8 Å². The molecule has 0 aromatic heterocycles. The van der Waals surface area contributed by atoms with Gasteiger partial charge in [0.25, 0.3) is 5.91 Å². The van der Waals surface area contributed by atoms with E-state index in [9.17, 15) is 9.59 Å². The number of hydrogen-bond acceptors (Lipinski definition) is 4. The standard InChI is InChI=1S/C18H27NO5/c1-12(2)11-24-15-10-13(23-5)6-7-14(15)16(20)19-9-8-18(3,4)17(21)22/h6-7,10,12H,8-9,11H2,1-5H3,(H,19,20)(H,21,22). The van der Waals surface area contributed by atoms with Gasteiger partial charge in [-0.25, -0.2) is 0 Å². The summed E-state index contributed by atoms with van der Waals surface area (Å²) in [4.78, 5) is 23.5. The molecule has 1 rings (SSSR count). The van der Waals surface area contributed by atoms with E-state index in [-0.39, 0.29) is 12.5 Å². The van der Waals surface area contributed by atoms with Gasteiger partial charge in [-0.15, -0.1) is 0 Å². The van der Waals surface area contributed by atoms with Crippen molar-refractivity contribution in [3.8, 4) is 11.5 Å². The van der Waals surface area contributed by atoms with Gasteiger partial charge in [0.2, 0.25) is 0 Å². The second-order valence-electron chi connectivity index (χ2n) is 6.76. The van der Waals surface area contributed by atoms with Crippen LogP contribution in [0.1, 0.15) is 44.5 Å². The van der Waals surface area contributed by atoms with Crippen molar-refractivity contribution in [2.75, 3.05) is 20.3 Å². The van der Waals surface area contributed by atoms with Gasteiger partial charge in [-0.2, -0.15) is 0 Å². The molecule has 0 heterocycles. The molecule has 2 N–H and O–H groups in total. The smallest absolute Gasteiger partial charge is 0.309 e. The van der Waals surface area contributed by atoms with Crippen LogP contribution in [0, 0.1) is 11.3 Å². The minimum Gasteiger partial charge on any atom is -0.497 e. The van der Waals surface area contributed by atoms with Crippen LogP contribution >= 0.6 is 0 Å². The van der Waals surface area contributed by atoms with Crippen molar-refractivity contribution in [2.45, 2.75) is 34.1 Å². The second-order valence-corrected chi connectivity index (χ2v) is 6.76. The third-order valence-electron chi connectivity index (χ3n) is 3.62. The van der Waals surface area contributed by atoms with E-state index in [0.717, 1.165) is 0 Å². The Balaban J connectivity index is 2.79. The van der Waals surface area contributed by atoms with Crippen LogP contribution in [0.5, 0.6) is 11.5 Å². The van der Waals surface area contributed by atoms with Crippen LogP contribution in [0.2, 0.25) is 0 Å². The highest BCUT2D eigenvalue weighted by atomic mass is 16.5. The summed E-state index contributed by atoms with van der Waals surface area (Å²) < 4.78 is 10.9.